The first-order valence-electron chi connectivity index (χ1n) is 7.34. The maximum atomic E-state index is 11.8. The van der Waals surface area contributed by atoms with Crippen LogP contribution in [0, 0.1) is 0 Å². The summed E-state index contributed by atoms with van der Waals surface area (Å²) in [5.74, 6) is -1.21. The average Bonchev–Trinajstić information content (AvgIpc) is 2.24. The second-order valence-electron chi connectivity index (χ2n) is 6.87. The Morgan fingerprint density at radius 3 is 2.10 bits per heavy atom. The molecule has 0 unspecified atom stereocenters. The summed E-state index contributed by atoms with van der Waals surface area (Å²) in [5, 5.41) is 10.5. The van der Waals surface area contributed by atoms with E-state index < -0.39 is 5.97 Å². The highest BCUT2D eigenvalue weighted by molar-refractivity contribution is 5.71. The molecule has 1 saturated heterocycles. The number of hydroxylamine groups is 2. The molecule has 122 valence electrons. The van der Waals surface area contributed by atoms with E-state index in [-0.39, 0.29) is 36.0 Å². The van der Waals surface area contributed by atoms with Crippen molar-refractivity contribution in [3.05, 3.63) is 0 Å². The van der Waals surface area contributed by atoms with Gasteiger partial charge in [-0.2, -0.15) is 5.06 Å². The number of piperidine rings is 1. The van der Waals surface area contributed by atoms with E-state index in [4.69, 9.17) is 14.7 Å². The molecule has 1 rings (SSSR count). The third-order valence-electron chi connectivity index (χ3n) is 3.81. The quantitative estimate of drug-likeness (QED) is 0.759. The highest BCUT2D eigenvalue weighted by atomic mass is 16.7. The van der Waals surface area contributed by atoms with E-state index in [0.29, 0.717) is 19.3 Å². The summed E-state index contributed by atoms with van der Waals surface area (Å²) in [4.78, 5) is 27.7. The standard InChI is InChI=1S/C15H27NO5/c1-14(2)9-11(10-15(3,4)16(14)20-5)21-13(19)8-6-7-12(17)18/h11H,6-10H2,1-5H3,(H,17,18). The lowest BCUT2D eigenvalue weighted by molar-refractivity contribution is -0.278. The maximum absolute atomic E-state index is 11.8. The minimum absolute atomic E-state index is 0.00575. The number of esters is 1. The fourth-order valence-electron chi connectivity index (χ4n) is 3.38. The van der Waals surface area contributed by atoms with E-state index in [1.807, 2.05) is 5.06 Å². The van der Waals surface area contributed by atoms with Crippen LogP contribution < -0.4 is 0 Å². The number of carbonyl (C=O) groups excluding carboxylic acids is 1. The number of hydrogen-bond acceptors (Lipinski definition) is 5. The summed E-state index contributed by atoms with van der Waals surface area (Å²) in [5.41, 5.74) is -0.467. The predicted octanol–water partition coefficient (Wildman–Crippen LogP) is 2.37. The lowest BCUT2D eigenvalue weighted by Crippen LogP contribution is -2.61. The lowest BCUT2D eigenvalue weighted by atomic mass is 9.80. The molecule has 1 aliphatic rings. The number of carboxylic acids is 1. The van der Waals surface area contributed by atoms with Gasteiger partial charge in [-0.15, -0.1) is 0 Å². The largest absolute Gasteiger partial charge is 0.481 e. The van der Waals surface area contributed by atoms with Crippen LogP contribution in [0.15, 0.2) is 0 Å². The van der Waals surface area contributed by atoms with E-state index in [1.165, 1.54) is 0 Å². The van der Waals surface area contributed by atoms with Crippen molar-refractivity contribution in [3.8, 4) is 0 Å². The minimum atomic E-state index is -0.890. The van der Waals surface area contributed by atoms with Crippen molar-refractivity contribution < 1.29 is 24.3 Å². The molecule has 6 nitrogen and oxygen atoms in total. The highest BCUT2D eigenvalue weighted by Crippen LogP contribution is 2.39. The third-order valence-corrected chi connectivity index (χ3v) is 3.81. The second-order valence-corrected chi connectivity index (χ2v) is 6.87. The zero-order valence-electron chi connectivity index (χ0n) is 13.6. The van der Waals surface area contributed by atoms with Gasteiger partial charge in [-0.1, -0.05) is 0 Å². The van der Waals surface area contributed by atoms with Gasteiger partial charge in [0, 0.05) is 36.8 Å². The molecule has 0 spiro atoms. The van der Waals surface area contributed by atoms with Gasteiger partial charge in [0.25, 0.3) is 0 Å². The molecule has 6 heteroatoms. The first-order chi connectivity index (χ1) is 9.58. The Kier molecular flexibility index (Phi) is 5.75. The molecule has 0 aliphatic carbocycles. The van der Waals surface area contributed by atoms with Crippen molar-refractivity contribution in [2.75, 3.05) is 7.11 Å². The SMILES string of the molecule is CON1C(C)(C)CC(OC(=O)CCCC(=O)O)CC1(C)C. The fraction of sp³-hybridized carbons (Fsp3) is 0.867. The molecule has 1 fully saturated rings. The zero-order chi connectivity index (χ0) is 16.3. The van der Waals surface area contributed by atoms with Crippen LogP contribution in [0.1, 0.15) is 59.8 Å². The van der Waals surface area contributed by atoms with Gasteiger partial charge >= 0.3 is 11.9 Å². The predicted molar refractivity (Wildman–Crippen MR) is 77.6 cm³/mol. The average molecular weight is 301 g/mol. The molecule has 1 N–H and O–H groups in total. The number of carbonyl (C=O) groups is 2. The number of rotatable bonds is 6. The Balaban J connectivity index is 2.57. The Hall–Kier alpha value is -1.14. The van der Waals surface area contributed by atoms with E-state index in [0.717, 1.165) is 0 Å². The molecule has 0 atom stereocenters. The smallest absolute Gasteiger partial charge is 0.306 e. The van der Waals surface area contributed by atoms with Gasteiger partial charge in [-0.3, -0.25) is 9.59 Å². The van der Waals surface area contributed by atoms with Crippen LogP contribution in [0.4, 0.5) is 0 Å². The summed E-state index contributed by atoms with van der Waals surface area (Å²) in [6.45, 7) is 8.23. The van der Waals surface area contributed by atoms with Crippen LogP contribution in [-0.2, 0) is 19.2 Å². The molecule has 0 saturated carbocycles. The number of hydrogen-bond donors (Lipinski definition) is 1. The summed E-state index contributed by atoms with van der Waals surface area (Å²) in [6, 6.07) is 0. The van der Waals surface area contributed by atoms with E-state index in [1.54, 1.807) is 7.11 Å². The van der Waals surface area contributed by atoms with Gasteiger partial charge < -0.3 is 14.7 Å². The molecule has 0 aromatic rings. The number of carboxylic acid groups (broad SMARTS) is 1. The first kappa shape index (κ1) is 17.9. The highest BCUT2D eigenvalue weighted by Gasteiger charge is 2.47. The summed E-state index contributed by atoms with van der Waals surface area (Å²) in [7, 11) is 1.65. The Labute approximate surface area is 126 Å². The van der Waals surface area contributed by atoms with Gasteiger partial charge in [0.15, 0.2) is 0 Å². The van der Waals surface area contributed by atoms with Crippen molar-refractivity contribution in [2.45, 2.75) is 77.0 Å². The summed E-state index contributed by atoms with van der Waals surface area (Å²) < 4.78 is 5.52. The van der Waals surface area contributed by atoms with Crippen LogP contribution in [0.2, 0.25) is 0 Å². The zero-order valence-corrected chi connectivity index (χ0v) is 13.6. The fourth-order valence-corrected chi connectivity index (χ4v) is 3.38. The van der Waals surface area contributed by atoms with E-state index in [9.17, 15) is 9.59 Å². The summed E-state index contributed by atoms with van der Waals surface area (Å²) >= 11 is 0. The van der Waals surface area contributed by atoms with Crippen LogP contribution in [0.25, 0.3) is 0 Å². The molecular formula is C15H27NO5. The van der Waals surface area contributed by atoms with Gasteiger partial charge in [0.05, 0.1) is 7.11 Å². The maximum Gasteiger partial charge on any atom is 0.306 e. The lowest BCUT2D eigenvalue weighted by Gasteiger charge is -2.52. The number of nitrogens with zero attached hydrogens (tertiary/aromatic N) is 1. The van der Waals surface area contributed by atoms with Crippen LogP contribution in [0.5, 0.6) is 0 Å². The van der Waals surface area contributed by atoms with Crippen LogP contribution >= 0.6 is 0 Å². The van der Waals surface area contributed by atoms with Gasteiger partial charge in [0.1, 0.15) is 6.10 Å². The van der Waals surface area contributed by atoms with Crippen molar-refractivity contribution in [1.29, 1.82) is 0 Å². The Morgan fingerprint density at radius 2 is 1.67 bits per heavy atom. The van der Waals surface area contributed by atoms with Crippen molar-refractivity contribution in [2.24, 2.45) is 0 Å². The van der Waals surface area contributed by atoms with Gasteiger partial charge in [-0.05, 0) is 34.1 Å². The van der Waals surface area contributed by atoms with E-state index >= 15 is 0 Å². The molecule has 0 aromatic heterocycles. The number of aliphatic carboxylic acids is 1. The first-order valence-corrected chi connectivity index (χ1v) is 7.34. The molecule has 0 bridgehead atoms. The molecule has 0 amide bonds. The molecular weight excluding hydrogens is 274 g/mol. The molecule has 21 heavy (non-hydrogen) atoms. The van der Waals surface area contributed by atoms with Crippen LogP contribution in [-0.4, -0.2) is 46.4 Å². The Bertz CT molecular complexity index is 374. The molecule has 1 heterocycles. The van der Waals surface area contributed by atoms with Crippen LogP contribution in [0.3, 0.4) is 0 Å². The van der Waals surface area contributed by atoms with Crippen molar-refractivity contribution in [1.82, 2.24) is 5.06 Å². The normalized spacial score (nSPS) is 22.0. The minimum Gasteiger partial charge on any atom is -0.481 e. The number of ether oxygens (including phenoxy) is 1. The molecule has 0 aromatic carbocycles. The van der Waals surface area contributed by atoms with Gasteiger partial charge in [-0.25, -0.2) is 0 Å². The van der Waals surface area contributed by atoms with Gasteiger partial charge in [0.2, 0.25) is 0 Å². The summed E-state index contributed by atoms with van der Waals surface area (Å²) in [6.07, 6.45) is 1.67. The second kappa shape index (κ2) is 6.75. The van der Waals surface area contributed by atoms with Crippen molar-refractivity contribution in [3.63, 3.8) is 0 Å². The molecule has 1 aliphatic heterocycles. The topological polar surface area (TPSA) is 76.1 Å². The molecule has 0 radical (unpaired) electrons. The van der Waals surface area contributed by atoms with Crippen molar-refractivity contribution >= 4 is 11.9 Å². The Morgan fingerprint density at radius 1 is 1.14 bits per heavy atom. The van der Waals surface area contributed by atoms with E-state index in [2.05, 4.69) is 27.7 Å². The third kappa shape index (κ3) is 4.97. The monoisotopic (exact) mass is 301 g/mol.